The van der Waals surface area contributed by atoms with Crippen molar-refractivity contribution >= 4 is 5.97 Å². The van der Waals surface area contributed by atoms with Crippen LogP contribution in [0.4, 0.5) is 0 Å². The lowest BCUT2D eigenvalue weighted by atomic mass is 9.33. The number of unbranched alkanes of at least 4 members (excludes halogenated alkanes) is 12. The predicted octanol–water partition coefficient (Wildman–Crippen LogP) is 14.4. The lowest BCUT2D eigenvalue weighted by Gasteiger charge is -2.72. The normalized spacial score (nSPS) is 40.7. The van der Waals surface area contributed by atoms with Gasteiger partial charge < -0.3 is 4.74 Å². The van der Waals surface area contributed by atoms with Crippen molar-refractivity contribution in [1.82, 2.24) is 0 Å². The van der Waals surface area contributed by atoms with E-state index in [1.54, 1.807) is 0 Å². The van der Waals surface area contributed by atoms with Gasteiger partial charge in [-0.25, -0.2) is 0 Å². The molecule has 5 aliphatic rings. The Hall–Kier alpha value is -0.790. The van der Waals surface area contributed by atoms with Crippen LogP contribution in [0, 0.1) is 56.2 Å². The molecule has 9 atom stereocenters. The Balaban J connectivity index is 1.14. The van der Waals surface area contributed by atoms with Gasteiger partial charge >= 0.3 is 5.97 Å². The Labute approximate surface area is 305 Å². The molecule has 0 aromatic heterocycles. The van der Waals surface area contributed by atoms with E-state index in [9.17, 15) is 4.79 Å². The van der Waals surface area contributed by atoms with E-state index in [-0.39, 0.29) is 17.5 Å². The van der Waals surface area contributed by atoms with E-state index in [0.29, 0.717) is 45.3 Å². The maximum absolute atomic E-state index is 13.2. The molecule has 2 heteroatoms. The molecule has 4 fully saturated rings. The Morgan fingerprint density at radius 1 is 0.694 bits per heavy atom. The number of rotatable bonds is 15. The highest BCUT2D eigenvalue weighted by Crippen LogP contribution is 2.76. The largest absolute Gasteiger partial charge is 0.462 e. The second-order valence-electron chi connectivity index (χ2n) is 21.0. The lowest BCUT2D eigenvalue weighted by Crippen LogP contribution is -2.65. The molecule has 49 heavy (non-hydrogen) atoms. The van der Waals surface area contributed by atoms with Crippen LogP contribution < -0.4 is 0 Å². The van der Waals surface area contributed by atoms with Gasteiger partial charge in [0, 0.05) is 11.8 Å². The first-order valence-electron chi connectivity index (χ1n) is 22.0. The van der Waals surface area contributed by atoms with Gasteiger partial charge in [-0.1, -0.05) is 158 Å². The fourth-order valence-corrected chi connectivity index (χ4v) is 13.6. The molecule has 0 N–H and O–H groups in total. The number of hydrogen-bond donors (Lipinski definition) is 0. The molecule has 0 amide bonds. The summed E-state index contributed by atoms with van der Waals surface area (Å²) < 4.78 is 6.43. The number of carbonyl (C=O) groups excluding carboxylic acids is 1. The van der Waals surface area contributed by atoms with Crippen LogP contribution in [0.25, 0.3) is 0 Å². The number of fused-ring (bicyclic) bond motifs is 7. The highest BCUT2D eigenvalue weighted by atomic mass is 16.5. The van der Waals surface area contributed by atoms with Gasteiger partial charge in [0.2, 0.25) is 0 Å². The maximum atomic E-state index is 13.2. The minimum absolute atomic E-state index is 0.0257. The first kappa shape index (κ1) is 39.4. The fraction of sp³-hybridized carbons (Fsp3) is 0.936. The van der Waals surface area contributed by atoms with Crippen LogP contribution in [-0.2, 0) is 9.53 Å². The average molecular weight is 679 g/mol. The van der Waals surface area contributed by atoms with Gasteiger partial charge in [-0.15, -0.1) is 0 Å². The van der Waals surface area contributed by atoms with Crippen molar-refractivity contribution in [2.45, 2.75) is 223 Å². The van der Waals surface area contributed by atoms with E-state index in [0.717, 1.165) is 24.7 Å². The van der Waals surface area contributed by atoms with Crippen molar-refractivity contribution in [3.05, 3.63) is 11.6 Å². The number of ether oxygens (including phenoxy) is 1. The van der Waals surface area contributed by atoms with Gasteiger partial charge in [0.05, 0.1) is 0 Å². The first-order valence-corrected chi connectivity index (χ1v) is 22.0. The van der Waals surface area contributed by atoms with Crippen LogP contribution in [0.5, 0.6) is 0 Å². The van der Waals surface area contributed by atoms with Gasteiger partial charge in [0.15, 0.2) is 0 Å². The van der Waals surface area contributed by atoms with Crippen molar-refractivity contribution in [1.29, 1.82) is 0 Å². The summed E-state index contributed by atoms with van der Waals surface area (Å²) in [6.45, 7) is 25.7. The molecule has 9 unspecified atom stereocenters. The van der Waals surface area contributed by atoms with Crippen molar-refractivity contribution < 1.29 is 9.53 Å². The first-order chi connectivity index (χ1) is 23.1. The highest BCUT2D eigenvalue weighted by molar-refractivity contribution is 5.69. The molecule has 0 heterocycles. The summed E-state index contributed by atoms with van der Waals surface area (Å²) in [5, 5.41) is 0. The fourth-order valence-electron chi connectivity index (χ4n) is 13.6. The molecule has 0 aromatic carbocycles. The Bertz CT molecular complexity index is 1150. The standard InChI is InChI=1S/C47H82O2/c1-11-12-13-14-15-16-17-18-19-20-21-22-23-24-40(48)49-39-28-29-45(8)37(43(39,5)6)27-30-47(10)38(45)26-25-36-41-35(2)42(3,4)31-32-44(41,7)33-34-46(36,47)9/h25,35,37-39,41H,11-24,26-34H2,1-10H3. The van der Waals surface area contributed by atoms with Crippen molar-refractivity contribution in [2.75, 3.05) is 0 Å². The summed E-state index contributed by atoms with van der Waals surface area (Å²) in [6, 6.07) is 0. The van der Waals surface area contributed by atoms with E-state index >= 15 is 0 Å². The molecule has 4 saturated carbocycles. The number of esters is 1. The summed E-state index contributed by atoms with van der Waals surface area (Å²) in [5.74, 6) is 2.87. The van der Waals surface area contributed by atoms with Crippen LogP contribution >= 0.6 is 0 Å². The smallest absolute Gasteiger partial charge is 0.306 e. The zero-order chi connectivity index (χ0) is 35.7. The summed E-state index contributed by atoms with van der Waals surface area (Å²) >= 11 is 0. The van der Waals surface area contributed by atoms with Gasteiger partial charge in [-0.2, -0.15) is 0 Å². The second-order valence-corrected chi connectivity index (χ2v) is 21.0. The average Bonchev–Trinajstić information content (AvgIpc) is 3.04. The summed E-state index contributed by atoms with van der Waals surface area (Å²) in [6.07, 6.45) is 32.5. The topological polar surface area (TPSA) is 26.3 Å². The Kier molecular flexibility index (Phi) is 12.3. The number of hydrogen-bond acceptors (Lipinski definition) is 2. The molecular weight excluding hydrogens is 597 g/mol. The molecule has 5 aliphatic carbocycles. The molecule has 0 radical (unpaired) electrons. The van der Waals surface area contributed by atoms with Crippen LogP contribution in [-0.4, -0.2) is 12.1 Å². The Morgan fingerprint density at radius 2 is 1.27 bits per heavy atom. The molecule has 0 spiro atoms. The molecule has 5 rings (SSSR count). The van der Waals surface area contributed by atoms with Crippen LogP contribution in [0.3, 0.4) is 0 Å². The summed E-state index contributed by atoms with van der Waals surface area (Å²) in [7, 11) is 0. The number of allylic oxidation sites excluding steroid dienone is 2. The Morgan fingerprint density at radius 3 is 1.88 bits per heavy atom. The summed E-state index contributed by atoms with van der Waals surface area (Å²) in [5.41, 5.74) is 3.75. The third kappa shape index (κ3) is 7.40. The third-order valence-corrected chi connectivity index (χ3v) is 17.6. The van der Waals surface area contributed by atoms with Crippen LogP contribution in [0.2, 0.25) is 0 Å². The van der Waals surface area contributed by atoms with Gasteiger partial charge in [0.25, 0.3) is 0 Å². The van der Waals surface area contributed by atoms with E-state index < -0.39 is 0 Å². The lowest BCUT2D eigenvalue weighted by molar-refractivity contribution is -0.214. The monoisotopic (exact) mass is 679 g/mol. The molecule has 2 nitrogen and oxygen atoms in total. The SMILES string of the molecule is CCCCCCCCCCCCCCCC(=O)OC1CCC2(C)C(CCC3(C)C2CC=C2C4C(C)C(C)(C)CCC4(C)CCC23C)C1(C)C. The van der Waals surface area contributed by atoms with E-state index in [1.165, 1.54) is 128 Å². The van der Waals surface area contributed by atoms with E-state index in [4.69, 9.17) is 4.74 Å². The van der Waals surface area contributed by atoms with Crippen molar-refractivity contribution in [3.63, 3.8) is 0 Å². The number of carbonyl (C=O) groups is 1. The van der Waals surface area contributed by atoms with Crippen molar-refractivity contribution in [3.8, 4) is 0 Å². The third-order valence-electron chi connectivity index (χ3n) is 17.6. The van der Waals surface area contributed by atoms with Crippen LogP contribution in [0.1, 0.15) is 217 Å². The predicted molar refractivity (Wildman–Crippen MR) is 209 cm³/mol. The quantitative estimate of drug-likeness (QED) is 0.0979. The van der Waals surface area contributed by atoms with E-state index in [2.05, 4.69) is 75.3 Å². The zero-order valence-corrected chi connectivity index (χ0v) is 34.5. The maximum Gasteiger partial charge on any atom is 0.306 e. The van der Waals surface area contributed by atoms with Crippen LogP contribution in [0.15, 0.2) is 11.6 Å². The van der Waals surface area contributed by atoms with Gasteiger partial charge in [-0.3, -0.25) is 4.79 Å². The molecule has 282 valence electrons. The van der Waals surface area contributed by atoms with Crippen molar-refractivity contribution in [2.24, 2.45) is 56.2 Å². The summed E-state index contributed by atoms with van der Waals surface area (Å²) in [4.78, 5) is 13.2. The molecular formula is C47H82O2. The van der Waals surface area contributed by atoms with E-state index in [1.807, 2.05) is 5.57 Å². The molecule has 0 saturated heterocycles. The van der Waals surface area contributed by atoms with Gasteiger partial charge in [0.1, 0.15) is 6.10 Å². The molecule has 0 aliphatic heterocycles. The minimum Gasteiger partial charge on any atom is -0.462 e. The molecule has 0 bridgehead atoms. The molecule has 0 aromatic rings. The van der Waals surface area contributed by atoms with Gasteiger partial charge in [-0.05, 0) is 115 Å². The zero-order valence-electron chi connectivity index (χ0n) is 34.5. The highest BCUT2D eigenvalue weighted by Gasteiger charge is 2.68. The minimum atomic E-state index is 0.0257. The second kappa shape index (κ2) is 15.3.